The van der Waals surface area contributed by atoms with Gasteiger partial charge >= 0.3 is 0 Å². The lowest BCUT2D eigenvalue weighted by Gasteiger charge is -2.23. The highest BCUT2D eigenvalue weighted by Crippen LogP contribution is 2.21. The van der Waals surface area contributed by atoms with Gasteiger partial charge in [0, 0.05) is 8.07 Å². The minimum atomic E-state index is -0.759. The van der Waals surface area contributed by atoms with Gasteiger partial charge in [-0.05, 0) is 13.0 Å². The molecule has 0 aliphatic heterocycles. The Morgan fingerprint density at radius 3 is 2.18 bits per heavy atom. The van der Waals surface area contributed by atoms with Crippen LogP contribution in [-0.2, 0) is 0 Å². The Morgan fingerprint density at radius 2 is 1.82 bits per heavy atom. The van der Waals surface area contributed by atoms with E-state index < -0.39 is 8.07 Å². The molecule has 0 unspecified atom stereocenters. The summed E-state index contributed by atoms with van der Waals surface area (Å²) in [6.07, 6.45) is 1.41. The van der Waals surface area contributed by atoms with E-state index in [1.54, 1.807) is 0 Å². The fourth-order valence-electron chi connectivity index (χ4n) is 1.30. The largest absolute Gasteiger partial charge is 0.345 e. The second-order valence-corrected chi connectivity index (χ2v) is 9.97. The van der Waals surface area contributed by atoms with Gasteiger partial charge in [-0.3, -0.25) is 0 Å². The van der Waals surface area contributed by atoms with E-state index in [1.165, 1.54) is 31.1 Å². The fourth-order valence-corrected chi connectivity index (χ4v) is 3.89. The summed E-state index contributed by atoms with van der Waals surface area (Å²) in [5.41, 5.74) is 0. The predicted octanol–water partition coefficient (Wildman–Crippen LogP) is 1.36. The minimum Gasteiger partial charge on any atom is -0.345 e. The second kappa shape index (κ2) is 5.97. The van der Waals surface area contributed by atoms with Crippen molar-refractivity contribution in [3.63, 3.8) is 0 Å². The van der Waals surface area contributed by atoms with Crippen LogP contribution in [-0.4, -0.2) is 25.0 Å². The molecule has 0 rings (SSSR count). The maximum Gasteiger partial charge on any atom is 0.0749 e. The Kier molecular flexibility index (Phi) is 6.18. The van der Waals surface area contributed by atoms with Crippen LogP contribution in [0.2, 0.25) is 24.7 Å². The molecule has 0 aromatic carbocycles. The van der Waals surface area contributed by atoms with Crippen molar-refractivity contribution in [2.75, 3.05) is 6.54 Å². The molecule has 0 amide bonds. The fraction of sp³-hybridized carbons (Fsp3) is 1.00. The average molecular weight is 189 g/mol. The molecule has 0 aliphatic rings. The molecule has 1 N–H and O–H groups in total. The number of hydrogen-bond acceptors (Lipinski definition) is 1. The molecule has 0 atom stereocenters. The normalized spacial score (nSPS) is 12.3. The van der Waals surface area contributed by atoms with Gasteiger partial charge in [0.15, 0.2) is 0 Å². The van der Waals surface area contributed by atoms with Gasteiger partial charge in [0.1, 0.15) is 0 Å². The van der Waals surface area contributed by atoms with E-state index in [2.05, 4.69) is 25.4 Å². The Bertz CT molecular complexity index is 92.1. The maximum absolute atomic E-state index is 3.35. The van der Waals surface area contributed by atoms with Crippen molar-refractivity contribution in [3.8, 4) is 0 Å². The summed E-state index contributed by atoms with van der Waals surface area (Å²) < 4.78 is 0. The highest BCUT2D eigenvalue weighted by molar-refractivity contribution is 6.78. The van der Waals surface area contributed by atoms with E-state index in [9.17, 15) is 0 Å². The molecule has 0 aromatic heterocycles. The SMILES string of the molecule is CC[Si](C)(CC)CCCN[SiH3]. The molecule has 3 heteroatoms. The average Bonchev–Trinajstić information content (AvgIpc) is 2.05. The smallest absolute Gasteiger partial charge is 0.0749 e. The topological polar surface area (TPSA) is 12.0 Å². The Hall–Kier alpha value is 0.394. The molecule has 68 valence electrons. The summed E-state index contributed by atoms with van der Waals surface area (Å²) in [4.78, 5) is 3.35. The monoisotopic (exact) mass is 189 g/mol. The lowest BCUT2D eigenvalue weighted by Crippen LogP contribution is -2.28. The van der Waals surface area contributed by atoms with Crippen molar-refractivity contribution >= 4 is 18.5 Å². The molecule has 0 bridgehead atoms. The van der Waals surface area contributed by atoms with Gasteiger partial charge < -0.3 is 4.98 Å². The zero-order chi connectivity index (χ0) is 8.74. The number of nitrogens with one attached hydrogen (secondary N) is 1. The summed E-state index contributed by atoms with van der Waals surface area (Å²) in [5.74, 6) is 0. The first kappa shape index (κ1) is 11.4. The van der Waals surface area contributed by atoms with Crippen LogP contribution < -0.4 is 4.98 Å². The van der Waals surface area contributed by atoms with Crippen molar-refractivity contribution in [3.05, 3.63) is 0 Å². The highest BCUT2D eigenvalue weighted by atomic mass is 28.3. The van der Waals surface area contributed by atoms with Crippen LogP contribution in [0, 0.1) is 0 Å². The number of rotatable bonds is 6. The van der Waals surface area contributed by atoms with Crippen LogP contribution >= 0.6 is 0 Å². The van der Waals surface area contributed by atoms with E-state index in [0.29, 0.717) is 0 Å². The Labute approximate surface area is 75.5 Å². The van der Waals surface area contributed by atoms with Crippen LogP contribution in [0.4, 0.5) is 0 Å². The molecule has 0 fully saturated rings. The molecule has 0 saturated heterocycles. The van der Waals surface area contributed by atoms with Crippen LogP contribution in [0.1, 0.15) is 20.3 Å². The first-order chi connectivity index (χ1) is 5.18. The third-order valence-corrected chi connectivity index (χ3v) is 8.39. The van der Waals surface area contributed by atoms with Crippen LogP contribution in [0.25, 0.3) is 0 Å². The van der Waals surface area contributed by atoms with E-state index >= 15 is 0 Å². The Morgan fingerprint density at radius 1 is 1.27 bits per heavy atom. The van der Waals surface area contributed by atoms with Crippen molar-refractivity contribution in [1.82, 2.24) is 4.98 Å². The molecule has 0 saturated carbocycles. The summed E-state index contributed by atoms with van der Waals surface area (Å²) in [7, 11) is 0.399. The van der Waals surface area contributed by atoms with Crippen LogP contribution in [0.15, 0.2) is 0 Å². The lowest BCUT2D eigenvalue weighted by atomic mass is 10.5. The Balaban J connectivity index is 3.51. The molecular formula is C8H23NSi2. The highest BCUT2D eigenvalue weighted by Gasteiger charge is 2.20. The first-order valence-corrected chi connectivity index (χ1v) is 8.95. The summed E-state index contributed by atoms with van der Waals surface area (Å²) >= 11 is 0. The van der Waals surface area contributed by atoms with Gasteiger partial charge in [0.2, 0.25) is 0 Å². The van der Waals surface area contributed by atoms with E-state index in [4.69, 9.17) is 0 Å². The van der Waals surface area contributed by atoms with Crippen LogP contribution in [0.5, 0.6) is 0 Å². The molecule has 0 heterocycles. The molecule has 0 spiro atoms. The molecule has 0 radical (unpaired) electrons. The molecule has 0 aromatic rings. The molecule has 11 heavy (non-hydrogen) atoms. The number of hydrogen-bond donors (Lipinski definition) is 1. The molecule has 1 nitrogen and oxygen atoms in total. The molecule has 0 aliphatic carbocycles. The van der Waals surface area contributed by atoms with E-state index in [-0.39, 0.29) is 0 Å². The van der Waals surface area contributed by atoms with Crippen molar-refractivity contribution < 1.29 is 0 Å². The lowest BCUT2D eigenvalue weighted by molar-refractivity contribution is 0.847. The predicted molar refractivity (Wildman–Crippen MR) is 59.9 cm³/mol. The van der Waals surface area contributed by atoms with Gasteiger partial charge in [-0.1, -0.05) is 38.5 Å². The third-order valence-electron chi connectivity index (χ3n) is 2.91. The van der Waals surface area contributed by atoms with Crippen molar-refractivity contribution in [2.24, 2.45) is 0 Å². The van der Waals surface area contributed by atoms with Gasteiger partial charge in [0.05, 0.1) is 10.4 Å². The van der Waals surface area contributed by atoms with Gasteiger partial charge in [-0.25, -0.2) is 0 Å². The summed E-state index contributed by atoms with van der Waals surface area (Å²) in [6.45, 7) is 8.53. The van der Waals surface area contributed by atoms with Crippen molar-refractivity contribution in [1.29, 1.82) is 0 Å². The maximum atomic E-state index is 3.35. The summed E-state index contributed by atoms with van der Waals surface area (Å²) in [5, 5.41) is 0. The van der Waals surface area contributed by atoms with Gasteiger partial charge in [-0.2, -0.15) is 0 Å². The van der Waals surface area contributed by atoms with Gasteiger partial charge in [-0.15, -0.1) is 0 Å². The standard InChI is InChI=1S/C8H23NSi2/c1-4-11(3,5-2)8-6-7-9-10/h9H,4-8H2,1-3,10H3. The quantitative estimate of drug-likeness (QED) is 0.491. The zero-order valence-electron chi connectivity index (χ0n) is 8.54. The third kappa shape index (κ3) is 4.77. The minimum absolute atomic E-state index is 0.759. The van der Waals surface area contributed by atoms with Crippen molar-refractivity contribution in [2.45, 2.75) is 44.9 Å². The van der Waals surface area contributed by atoms with Crippen LogP contribution in [0.3, 0.4) is 0 Å². The zero-order valence-corrected chi connectivity index (χ0v) is 11.5. The van der Waals surface area contributed by atoms with E-state index in [1.807, 2.05) is 0 Å². The second-order valence-electron chi connectivity index (χ2n) is 3.72. The molecular weight excluding hydrogens is 166 g/mol. The first-order valence-electron chi connectivity index (χ1n) is 4.83. The summed E-state index contributed by atoms with van der Waals surface area (Å²) in [6, 6.07) is 4.45. The van der Waals surface area contributed by atoms with Gasteiger partial charge in [0.25, 0.3) is 0 Å². The van der Waals surface area contributed by atoms with E-state index in [0.717, 1.165) is 10.4 Å².